The molecule has 0 saturated heterocycles. The number of hydrogen-bond donors (Lipinski definition) is 2. The summed E-state index contributed by atoms with van der Waals surface area (Å²) in [6.45, 7) is 3.97. The number of aryl methyl sites for hydroxylation is 1. The van der Waals surface area contributed by atoms with Gasteiger partial charge in [0.15, 0.2) is 0 Å². The lowest BCUT2D eigenvalue weighted by Gasteiger charge is -2.15. The van der Waals surface area contributed by atoms with Crippen LogP contribution in [0, 0.1) is 6.92 Å². The standard InChI is InChI=1S/C15H24N4O2/c1-11-10-17-19(13-6-3-4-7-13)15(11)18-14(21)8-5-9-16-12(2)20/h10,13H,3-9H2,1-2H3,(H,16,20)(H,18,21). The van der Waals surface area contributed by atoms with Crippen molar-refractivity contribution in [2.45, 2.75) is 58.4 Å². The van der Waals surface area contributed by atoms with Gasteiger partial charge in [0.1, 0.15) is 5.82 Å². The normalized spacial score (nSPS) is 15.1. The van der Waals surface area contributed by atoms with Crippen molar-refractivity contribution in [3.8, 4) is 0 Å². The Morgan fingerprint density at radius 3 is 2.76 bits per heavy atom. The Balaban J connectivity index is 1.88. The molecule has 2 N–H and O–H groups in total. The van der Waals surface area contributed by atoms with E-state index < -0.39 is 0 Å². The summed E-state index contributed by atoms with van der Waals surface area (Å²) < 4.78 is 1.97. The number of carbonyl (C=O) groups is 2. The van der Waals surface area contributed by atoms with Gasteiger partial charge in [0.05, 0.1) is 12.2 Å². The van der Waals surface area contributed by atoms with Gasteiger partial charge in [-0.05, 0) is 26.2 Å². The molecule has 1 saturated carbocycles. The fourth-order valence-corrected chi connectivity index (χ4v) is 2.74. The Labute approximate surface area is 125 Å². The molecule has 1 aromatic rings. The van der Waals surface area contributed by atoms with E-state index in [2.05, 4.69) is 15.7 Å². The van der Waals surface area contributed by atoms with E-state index in [9.17, 15) is 9.59 Å². The zero-order valence-electron chi connectivity index (χ0n) is 12.8. The molecule has 1 heterocycles. The van der Waals surface area contributed by atoms with E-state index in [-0.39, 0.29) is 11.8 Å². The summed E-state index contributed by atoms with van der Waals surface area (Å²) >= 11 is 0. The molecule has 2 rings (SSSR count). The second kappa shape index (κ2) is 7.24. The van der Waals surface area contributed by atoms with Gasteiger partial charge in [-0.1, -0.05) is 12.8 Å². The van der Waals surface area contributed by atoms with Crippen molar-refractivity contribution in [3.63, 3.8) is 0 Å². The average molecular weight is 292 g/mol. The first-order chi connectivity index (χ1) is 10.1. The summed E-state index contributed by atoms with van der Waals surface area (Å²) in [5.74, 6) is 0.736. The molecular weight excluding hydrogens is 268 g/mol. The molecule has 2 amide bonds. The van der Waals surface area contributed by atoms with Gasteiger partial charge in [-0.2, -0.15) is 5.10 Å². The molecule has 21 heavy (non-hydrogen) atoms. The van der Waals surface area contributed by atoms with E-state index in [1.54, 1.807) is 0 Å². The molecule has 1 aromatic heterocycles. The number of rotatable bonds is 6. The lowest BCUT2D eigenvalue weighted by Crippen LogP contribution is -2.23. The van der Waals surface area contributed by atoms with E-state index in [1.807, 2.05) is 17.8 Å². The lowest BCUT2D eigenvalue weighted by atomic mass is 10.2. The largest absolute Gasteiger partial charge is 0.356 e. The maximum Gasteiger partial charge on any atom is 0.225 e. The van der Waals surface area contributed by atoms with Crippen LogP contribution in [0.2, 0.25) is 0 Å². The third-order valence-electron chi connectivity index (χ3n) is 3.86. The topological polar surface area (TPSA) is 76.0 Å². The van der Waals surface area contributed by atoms with E-state index in [1.165, 1.54) is 19.8 Å². The summed E-state index contributed by atoms with van der Waals surface area (Å²) in [4.78, 5) is 22.8. The van der Waals surface area contributed by atoms with Crippen LogP contribution in [0.3, 0.4) is 0 Å². The maximum absolute atomic E-state index is 12.0. The molecular formula is C15H24N4O2. The Kier molecular flexibility index (Phi) is 5.36. The highest BCUT2D eigenvalue weighted by Crippen LogP contribution is 2.32. The number of nitrogens with one attached hydrogen (secondary N) is 2. The summed E-state index contributed by atoms with van der Waals surface area (Å²) in [6, 6.07) is 0.411. The van der Waals surface area contributed by atoms with Crippen molar-refractivity contribution in [1.29, 1.82) is 0 Å². The van der Waals surface area contributed by atoms with Crippen molar-refractivity contribution < 1.29 is 9.59 Å². The van der Waals surface area contributed by atoms with Crippen LogP contribution in [0.15, 0.2) is 6.20 Å². The third kappa shape index (κ3) is 4.31. The van der Waals surface area contributed by atoms with Crippen molar-refractivity contribution in [2.24, 2.45) is 0 Å². The minimum atomic E-state index is -0.0643. The van der Waals surface area contributed by atoms with Crippen LogP contribution in [0.4, 0.5) is 5.82 Å². The van der Waals surface area contributed by atoms with Gasteiger partial charge in [0, 0.05) is 25.5 Å². The molecule has 1 fully saturated rings. The van der Waals surface area contributed by atoms with Crippen molar-refractivity contribution in [3.05, 3.63) is 11.8 Å². The molecule has 6 nitrogen and oxygen atoms in total. The minimum absolute atomic E-state index is 0.0248. The highest BCUT2D eigenvalue weighted by atomic mass is 16.2. The molecule has 0 atom stereocenters. The zero-order valence-corrected chi connectivity index (χ0v) is 12.8. The lowest BCUT2D eigenvalue weighted by molar-refractivity contribution is -0.119. The van der Waals surface area contributed by atoms with Gasteiger partial charge in [-0.3, -0.25) is 9.59 Å². The van der Waals surface area contributed by atoms with Crippen LogP contribution < -0.4 is 10.6 Å². The molecule has 6 heteroatoms. The van der Waals surface area contributed by atoms with Gasteiger partial charge in [-0.25, -0.2) is 4.68 Å². The molecule has 0 bridgehead atoms. The van der Waals surface area contributed by atoms with Gasteiger partial charge in [0.2, 0.25) is 11.8 Å². The molecule has 0 aliphatic heterocycles. The van der Waals surface area contributed by atoms with Gasteiger partial charge < -0.3 is 10.6 Å². The first-order valence-electron chi connectivity index (χ1n) is 7.66. The Bertz CT molecular complexity index is 504. The predicted octanol–water partition coefficient (Wildman–Crippen LogP) is 2.16. The molecule has 116 valence electrons. The van der Waals surface area contributed by atoms with Crippen LogP contribution >= 0.6 is 0 Å². The minimum Gasteiger partial charge on any atom is -0.356 e. The van der Waals surface area contributed by atoms with E-state index in [0.29, 0.717) is 25.4 Å². The van der Waals surface area contributed by atoms with E-state index in [4.69, 9.17) is 0 Å². The number of aromatic nitrogens is 2. The number of hydrogen-bond acceptors (Lipinski definition) is 3. The highest BCUT2D eigenvalue weighted by molar-refractivity contribution is 5.90. The third-order valence-corrected chi connectivity index (χ3v) is 3.86. The van der Waals surface area contributed by atoms with Crippen molar-refractivity contribution in [1.82, 2.24) is 15.1 Å². The number of carbonyl (C=O) groups excluding carboxylic acids is 2. The highest BCUT2D eigenvalue weighted by Gasteiger charge is 2.22. The van der Waals surface area contributed by atoms with E-state index >= 15 is 0 Å². The number of nitrogens with zero attached hydrogens (tertiary/aromatic N) is 2. The van der Waals surface area contributed by atoms with Crippen molar-refractivity contribution >= 4 is 17.6 Å². The molecule has 1 aliphatic carbocycles. The Morgan fingerprint density at radius 1 is 1.38 bits per heavy atom. The molecule has 1 aliphatic rings. The van der Waals surface area contributed by atoms with E-state index in [0.717, 1.165) is 24.2 Å². The first-order valence-corrected chi connectivity index (χ1v) is 7.66. The molecule has 0 unspecified atom stereocenters. The van der Waals surface area contributed by atoms with Gasteiger partial charge in [0.25, 0.3) is 0 Å². The second-order valence-corrected chi connectivity index (χ2v) is 5.69. The SMILES string of the molecule is CC(=O)NCCCC(=O)Nc1c(C)cnn1C1CCCC1. The first kappa shape index (κ1) is 15.5. The summed E-state index contributed by atoms with van der Waals surface area (Å²) in [6.07, 6.45) is 7.57. The smallest absolute Gasteiger partial charge is 0.225 e. The summed E-state index contributed by atoms with van der Waals surface area (Å²) in [5.41, 5.74) is 0.997. The van der Waals surface area contributed by atoms with Crippen molar-refractivity contribution in [2.75, 3.05) is 11.9 Å². The van der Waals surface area contributed by atoms with Crippen LogP contribution in [-0.2, 0) is 9.59 Å². The van der Waals surface area contributed by atoms with Crippen LogP contribution in [0.5, 0.6) is 0 Å². The fraction of sp³-hybridized carbons (Fsp3) is 0.667. The Morgan fingerprint density at radius 2 is 2.10 bits per heavy atom. The van der Waals surface area contributed by atoms with Crippen LogP contribution in [-0.4, -0.2) is 28.1 Å². The predicted molar refractivity (Wildman–Crippen MR) is 81.0 cm³/mol. The summed E-state index contributed by atoms with van der Waals surface area (Å²) in [7, 11) is 0. The quantitative estimate of drug-likeness (QED) is 0.789. The Hall–Kier alpha value is -1.85. The second-order valence-electron chi connectivity index (χ2n) is 5.69. The van der Waals surface area contributed by atoms with Gasteiger partial charge >= 0.3 is 0 Å². The molecule has 0 aromatic carbocycles. The van der Waals surface area contributed by atoms with Crippen LogP contribution in [0.25, 0.3) is 0 Å². The number of amides is 2. The van der Waals surface area contributed by atoms with Gasteiger partial charge in [-0.15, -0.1) is 0 Å². The summed E-state index contributed by atoms with van der Waals surface area (Å²) in [5, 5.41) is 10.1. The fourth-order valence-electron chi connectivity index (χ4n) is 2.74. The van der Waals surface area contributed by atoms with Crippen LogP contribution in [0.1, 0.15) is 57.1 Å². The average Bonchev–Trinajstić information content (AvgIpc) is 3.06. The number of anilines is 1. The molecule has 0 radical (unpaired) electrons. The molecule has 0 spiro atoms. The monoisotopic (exact) mass is 292 g/mol. The maximum atomic E-state index is 12.0. The zero-order chi connectivity index (χ0) is 15.2.